The van der Waals surface area contributed by atoms with Gasteiger partial charge < -0.3 is 16.0 Å². The van der Waals surface area contributed by atoms with E-state index in [1.165, 1.54) is 0 Å². The molecule has 0 spiro atoms. The summed E-state index contributed by atoms with van der Waals surface area (Å²) < 4.78 is 2.03. The maximum absolute atomic E-state index is 12.6. The molecule has 4 heterocycles. The van der Waals surface area contributed by atoms with Crippen molar-refractivity contribution in [3.63, 3.8) is 0 Å². The van der Waals surface area contributed by atoms with Gasteiger partial charge in [0.1, 0.15) is 5.69 Å². The Labute approximate surface area is 169 Å². The Morgan fingerprint density at radius 3 is 2.66 bits per heavy atom. The fraction of sp³-hybridized carbons (Fsp3) is 0.429. The number of amides is 1. The number of likely N-dealkylation sites (tertiary alicyclic amines) is 1. The van der Waals surface area contributed by atoms with E-state index in [0.717, 1.165) is 74.0 Å². The van der Waals surface area contributed by atoms with Crippen LogP contribution in [0.25, 0.3) is 22.2 Å². The van der Waals surface area contributed by atoms with Crippen LogP contribution in [0.1, 0.15) is 42.1 Å². The highest BCUT2D eigenvalue weighted by Gasteiger charge is 2.24. The third-order valence-electron chi connectivity index (χ3n) is 5.96. The number of nitrogen functional groups attached to an aromatic ring is 1. The SMILES string of the molecule is Nc1nncc2c1c(-c1ccc(C(=O)N3CCCC3)cc1)nn2[C@@H]1CCCNC1. The maximum atomic E-state index is 12.6. The Morgan fingerprint density at radius 1 is 1.14 bits per heavy atom. The lowest BCUT2D eigenvalue weighted by Crippen LogP contribution is -2.32. The zero-order valence-electron chi connectivity index (χ0n) is 16.3. The van der Waals surface area contributed by atoms with Crippen LogP contribution in [0.5, 0.6) is 0 Å². The first-order chi connectivity index (χ1) is 14.2. The first kappa shape index (κ1) is 18.1. The summed E-state index contributed by atoms with van der Waals surface area (Å²) in [7, 11) is 0. The summed E-state index contributed by atoms with van der Waals surface area (Å²) in [6.45, 7) is 3.61. The molecule has 0 aliphatic carbocycles. The molecule has 3 aromatic rings. The van der Waals surface area contributed by atoms with Gasteiger partial charge in [0.15, 0.2) is 5.82 Å². The van der Waals surface area contributed by atoms with E-state index in [1.807, 2.05) is 33.8 Å². The fourth-order valence-electron chi connectivity index (χ4n) is 4.42. The van der Waals surface area contributed by atoms with E-state index < -0.39 is 0 Å². The number of fused-ring (bicyclic) bond motifs is 1. The average molecular weight is 391 g/mol. The van der Waals surface area contributed by atoms with Gasteiger partial charge in [-0.3, -0.25) is 9.48 Å². The number of nitrogens with two attached hydrogens (primary N) is 1. The van der Waals surface area contributed by atoms with E-state index in [2.05, 4.69) is 15.5 Å². The smallest absolute Gasteiger partial charge is 0.253 e. The third kappa shape index (κ3) is 3.23. The summed E-state index contributed by atoms with van der Waals surface area (Å²) >= 11 is 0. The number of nitrogens with zero attached hydrogens (tertiary/aromatic N) is 5. The summed E-state index contributed by atoms with van der Waals surface area (Å²) in [4.78, 5) is 14.6. The van der Waals surface area contributed by atoms with E-state index in [9.17, 15) is 4.79 Å². The standard InChI is InChI=1S/C21H25N7O/c22-20-18-17(13-24-25-20)28(16-4-3-9-23-12-16)26-19(18)14-5-7-15(8-6-14)21(29)27-10-1-2-11-27/h5-8,13,16,23H,1-4,9-12H2,(H2,22,25)/t16-/m1/s1. The van der Waals surface area contributed by atoms with Crippen LogP contribution < -0.4 is 11.1 Å². The Bertz CT molecular complexity index is 1030. The molecule has 29 heavy (non-hydrogen) atoms. The van der Waals surface area contributed by atoms with E-state index in [4.69, 9.17) is 10.8 Å². The van der Waals surface area contributed by atoms with Gasteiger partial charge in [0.25, 0.3) is 5.91 Å². The Kier molecular flexibility index (Phi) is 4.63. The Balaban J connectivity index is 1.53. The van der Waals surface area contributed by atoms with E-state index in [1.54, 1.807) is 6.20 Å². The zero-order chi connectivity index (χ0) is 19.8. The fourth-order valence-corrected chi connectivity index (χ4v) is 4.42. The van der Waals surface area contributed by atoms with E-state index >= 15 is 0 Å². The van der Waals surface area contributed by atoms with Crippen LogP contribution in [0.15, 0.2) is 30.5 Å². The zero-order valence-corrected chi connectivity index (χ0v) is 16.3. The lowest BCUT2D eigenvalue weighted by Gasteiger charge is -2.23. The van der Waals surface area contributed by atoms with Crippen LogP contribution in [0, 0.1) is 0 Å². The largest absolute Gasteiger partial charge is 0.382 e. The molecule has 150 valence electrons. The monoisotopic (exact) mass is 391 g/mol. The molecule has 2 aliphatic rings. The number of hydrogen-bond donors (Lipinski definition) is 2. The van der Waals surface area contributed by atoms with Crippen LogP contribution >= 0.6 is 0 Å². The van der Waals surface area contributed by atoms with Gasteiger partial charge in [0.2, 0.25) is 0 Å². The molecule has 1 atom stereocenters. The van der Waals surface area contributed by atoms with Crippen molar-refractivity contribution in [3.8, 4) is 11.3 Å². The summed E-state index contributed by atoms with van der Waals surface area (Å²) in [6, 6.07) is 7.93. The molecule has 8 nitrogen and oxygen atoms in total. The van der Waals surface area contributed by atoms with Gasteiger partial charge in [0.05, 0.1) is 23.1 Å². The molecule has 2 aliphatic heterocycles. The molecule has 8 heteroatoms. The van der Waals surface area contributed by atoms with Crippen LogP contribution in [0.2, 0.25) is 0 Å². The van der Waals surface area contributed by atoms with Crippen molar-refractivity contribution in [2.24, 2.45) is 0 Å². The van der Waals surface area contributed by atoms with Gasteiger partial charge in [-0.15, -0.1) is 5.10 Å². The maximum Gasteiger partial charge on any atom is 0.253 e. The minimum Gasteiger partial charge on any atom is -0.382 e. The first-order valence-corrected chi connectivity index (χ1v) is 10.3. The van der Waals surface area contributed by atoms with Gasteiger partial charge in [-0.2, -0.15) is 10.2 Å². The minimum absolute atomic E-state index is 0.100. The quantitative estimate of drug-likeness (QED) is 0.710. The molecular weight excluding hydrogens is 366 g/mol. The van der Waals surface area contributed by atoms with Gasteiger partial charge in [-0.05, 0) is 44.4 Å². The molecule has 2 saturated heterocycles. The highest BCUT2D eigenvalue weighted by Crippen LogP contribution is 2.33. The van der Waals surface area contributed by atoms with Crippen molar-refractivity contribution in [2.75, 3.05) is 31.9 Å². The summed E-state index contributed by atoms with van der Waals surface area (Å²) in [5.41, 5.74) is 9.52. The van der Waals surface area contributed by atoms with Gasteiger partial charge in [-0.1, -0.05) is 12.1 Å². The van der Waals surface area contributed by atoms with Crippen molar-refractivity contribution in [2.45, 2.75) is 31.7 Å². The molecule has 2 fully saturated rings. The van der Waals surface area contributed by atoms with Crippen LogP contribution in [0.4, 0.5) is 5.82 Å². The van der Waals surface area contributed by atoms with Crippen molar-refractivity contribution in [1.29, 1.82) is 0 Å². The number of carbonyl (C=O) groups excluding carboxylic acids is 1. The summed E-state index contributed by atoms with van der Waals surface area (Å²) in [5, 5.41) is 17.3. The molecule has 0 radical (unpaired) electrons. The number of hydrogen-bond acceptors (Lipinski definition) is 6. The second-order valence-corrected chi connectivity index (χ2v) is 7.86. The number of aromatic nitrogens is 4. The molecule has 0 saturated carbocycles. The van der Waals surface area contributed by atoms with Crippen molar-refractivity contribution < 1.29 is 4.79 Å². The van der Waals surface area contributed by atoms with Crippen LogP contribution in [-0.2, 0) is 0 Å². The van der Waals surface area contributed by atoms with Crippen molar-refractivity contribution in [1.82, 2.24) is 30.2 Å². The molecule has 2 aromatic heterocycles. The topological polar surface area (TPSA) is 102 Å². The highest BCUT2D eigenvalue weighted by molar-refractivity contribution is 6.00. The second kappa shape index (κ2) is 7.44. The average Bonchev–Trinajstić information content (AvgIpc) is 3.43. The minimum atomic E-state index is 0.100. The van der Waals surface area contributed by atoms with Crippen LogP contribution in [-0.4, -0.2) is 57.0 Å². The number of piperidine rings is 1. The number of carbonyl (C=O) groups is 1. The van der Waals surface area contributed by atoms with E-state index in [-0.39, 0.29) is 11.9 Å². The highest BCUT2D eigenvalue weighted by atomic mass is 16.2. The van der Waals surface area contributed by atoms with Crippen molar-refractivity contribution >= 4 is 22.6 Å². The predicted molar refractivity (Wildman–Crippen MR) is 111 cm³/mol. The normalized spacial score (nSPS) is 19.7. The molecule has 3 N–H and O–H groups in total. The lowest BCUT2D eigenvalue weighted by molar-refractivity contribution is 0.0793. The van der Waals surface area contributed by atoms with Crippen LogP contribution in [0.3, 0.4) is 0 Å². The van der Waals surface area contributed by atoms with E-state index in [0.29, 0.717) is 11.4 Å². The number of anilines is 1. The third-order valence-corrected chi connectivity index (χ3v) is 5.96. The number of rotatable bonds is 3. The molecular formula is C21H25N7O. The molecule has 1 aromatic carbocycles. The summed E-state index contributed by atoms with van der Waals surface area (Å²) in [6.07, 6.45) is 6.09. The molecule has 1 amide bonds. The number of nitrogens with one attached hydrogen (secondary N) is 1. The lowest BCUT2D eigenvalue weighted by atomic mass is 10.1. The Morgan fingerprint density at radius 2 is 1.93 bits per heavy atom. The van der Waals surface area contributed by atoms with Gasteiger partial charge >= 0.3 is 0 Å². The predicted octanol–water partition coefficient (Wildman–Crippen LogP) is 2.24. The molecule has 5 rings (SSSR count). The number of benzene rings is 1. The van der Waals surface area contributed by atoms with Gasteiger partial charge in [0, 0.05) is 30.8 Å². The Hall–Kier alpha value is -3.00. The summed E-state index contributed by atoms with van der Waals surface area (Å²) in [5.74, 6) is 0.479. The molecule has 0 bridgehead atoms. The molecule has 0 unspecified atom stereocenters. The van der Waals surface area contributed by atoms with Gasteiger partial charge in [-0.25, -0.2) is 0 Å². The second-order valence-electron chi connectivity index (χ2n) is 7.86. The van der Waals surface area contributed by atoms with Crippen molar-refractivity contribution in [3.05, 3.63) is 36.0 Å². The first-order valence-electron chi connectivity index (χ1n) is 10.3.